The van der Waals surface area contributed by atoms with Crippen LogP contribution in [0, 0.1) is 0 Å². The molecule has 0 saturated carbocycles. The van der Waals surface area contributed by atoms with Crippen molar-refractivity contribution in [3.63, 3.8) is 0 Å². The lowest BCUT2D eigenvalue weighted by Gasteiger charge is -2.44. The van der Waals surface area contributed by atoms with E-state index in [1.165, 1.54) is 33.1 Å². The predicted octanol–water partition coefficient (Wildman–Crippen LogP) is 3.56. The van der Waals surface area contributed by atoms with Crippen LogP contribution in [0.4, 0.5) is 0 Å². The minimum Gasteiger partial charge on any atom is -0.201 e. The molecule has 0 fully saturated rings. The summed E-state index contributed by atoms with van der Waals surface area (Å²) >= 11 is 0. The van der Waals surface area contributed by atoms with Crippen LogP contribution in [0.15, 0.2) is 140 Å². The van der Waals surface area contributed by atoms with Crippen molar-refractivity contribution >= 4 is 28.0 Å². The first-order valence-corrected chi connectivity index (χ1v) is 11.2. The molecule has 2 heteroatoms. The van der Waals surface area contributed by atoms with Crippen molar-refractivity contribution in [2.24, 2.45) is 7.05 Å². The molecule has 0 saturated heterocycles. The van der Waals surface area contributed by atoms with Crippen molar-refractivity contribution in [1.29, 1.82) is 0 Å². The van der Waals surface area contributed by atoms with E-state index in [2.05, 4.69) is 151 Å². The second-order valence-corrected chi connectivity index (χ2v) is 8.42. The number of rotatable bonds is 5. The van der Waals surface area contributed by atoms with Crippen molar-refractivity contribution in [2.45, 2.75) is 0 Å². The molecule has 0 aliphatic carbocycles. The summed E-state index contributed by atoms with van der Waals surface area (Å²) in [5.74, 6) is 0. The zero-order valence-electron chi connectivity index (χ0n) is 18.3. The number of nitrogens with zero attached hydrogens (tertiary/aromatic N) is 1. The molecule has 0 atom stereocenters. The Morgan fingerprint density at radius 1 is 0.469 bits per heavy atom. The van der Waals surface area contributed by atoms with Crippen LogP contribution in [0.25, 0.3) is 11.3 Å². The van der Waals surface area contributed by atoms with Crippen LogP contribution < -0.4 is 26.4 Å². The quantitative estimate of drug-likeness (QED) is 0.308. The molecule has 0 N–H and O–H groups in total. The van der Waals surface area contributed by atoms with Crippen LogP contribution in [-0.4, -0.2) is 6.15 Å². The molecule has 0 unspecified atom stereocenters. The van der Waals surface area contributed by atoms with Crippen molar-refractivity contribution in [3.05, 3.63) is 140 Å². The summed E-state index contributed by atoms with van der Waals surface area (Å²) in [5.41, 5.74) is 7.70. The zero-order chi connectivity index (χ0) is 21.8. The second-order valence-electron chi connectivity index (χ2n) is 8.42. The highest BCUT2D eigenvalue weighted by Crippen LogP contribution is 2.16. The fourth-order valence-corrected chi connectivity index (χ4v) is 5.17. The lowest BCUT2D eigenvalue weighted by atomic mass is 9.13. The first kappa shape index (κ1) is 20.0. The Morgan fingerprint density at radius 2 is 0.938 bits per heavy atom. The molecule has 0 amide bonds. The van der Waals surface area contributed by atoms with Crippen molar-refractivity contribution < 1.29 is 4.57 Å². The molecule has 32 heavy (non-hydrogen) atoms. The van der Waals surface area contributed by atoms with Gasteiger partial charge in [-0.3, -0.25) is 0 Å². The molecular weight excluding hydrogens is 385 g/mol. The monoisotopic (exact) mass is 411 g/mol. The van der Waals surface area contributed by atoms with Gasteiger partial charge >= 0.3 is 0 Å². The van der Waals surface area contributed by atoms with Gasteiger partial charge in [0.15, 0.2) is 6.20 Å². The van der Waals surface area contributed by atoms with Crippen molar-refractivity contribution in [1.82, 2.24) is 0 Å². The second kappa shape index (κ2) is 8.68. The van der Waals surface area contributed by atoms with E-state index >= 15 is 0 Å². The van der Waals surface area contributed by atoms with Gasteiger partial charge in [0.1, 0.15) is 13.2 Å². The SMILES string of the molecule is C[n+]1ccccc1-c1cccc([B-](c2ccccc2)(c2ccccc2)c2ccccc2)c1. The van der Waals surface area contributed by atoms with E-state index in [0.29, 0.717) is 0 Å². The van der Waals surface area contributed by atoms with Gasteiger partial charge in [-0.2, -0.15) is 21.9 Å². The number of hydrogen-bond donors (Lipinski definition) is 0. The van der Waals surface area contributed by atoms with Gasteiger partial charge in [-0.25, -0.2) is 4.57 Å². The number of pyridine rings is 1. The Balaban J connectivity index is 1.86. The van der Waals surface area contributed by atoms with Crippen LogP contribution in [-0.2, 0) is 7.05 Å². The lowest BCUT2D eigenvalue weighted by molar-refractivity contribution is -0.660. The van der Waals surface area contributed by atoms with Gasteiger partial charge in [0, 0.05) is 17.7 Å². The molecule has 1 aromatic heterocycles. The highest BCUT2D eigenvalue weighted by atomic mass is 14.9. The minimum absolute atomic E-state index is 1.20. The van der Waals surface area contributed by atoms with E-state index in [0.717, 1.165) is 0 Å². The normalized spacial score (nSPS) is 11.3. The average Bonchev–Trinajstić information content (AvgIpc) is 2.87. The predicted molar refractivity (Wildman–Crippen MR) is 137 cm³/mol. The molecule has 0 aliphatic heterocycles. The fraction of sp³-hybridized carbons (Fsp3) is 0.0333. The van der Waals surface area contributed by atoms with E-state index in [4.69, 9.17) is 0 Å². The van der Waals surface area contributed by atoms with Crippen molar-refractivity contribution in [2.75, 3.05) is 0 Å². The van der Waals surface area contributed by atoms with Crippen molar-refractivity contribution in [3.8, 4) is 11.3 Å². The summed E-state index contributed by atoms with van der Waals surface area (Å²) in [5, 5.41) is 0. The number of hydrogen-bond acceptors (Lipinski definition) is 0. The third kappa shape index (κ3) is 3.44. The Morgan fingerprint density at radius 3 is 1.44 bits per heavy atom. The Labute approximate surface area is 190 Å². The number of aryl methyl sites for hydroxylation is 1. The molecule has 5 rings (SSSR count). The van der Waals surface area contributed by atoms with Crippen LogP contribution >= 0.6 is 0 Å². The highest BCUT2D eigenvalue weighted by Gasteiger charge is 2.31. The molecule has 0 spiro atoms. The number of aromatic nitrogens is 1. The molecule has 5 aromatic rings. The van der Waals surface area contributed by atoms with Crippen LogP contribution in [0.2, 0.25) is 0 Å². The van der Waals surface area contributed by atoms with Crippen LogP contribution in [0.1, 0.15) is 0 Å². The summed E-state index contributed by atoms with van der Waals surface area (Å²) in [6.07, 6.45) is 0.749. The molecule has 4 aromatic carbocycles. The van der Waals surface area contributed by atoms with Gasteiger partial charge in [-0.05, 0) is 12.1 Å². The molecular formula is C30H26BN. The summed E-state index contributed by atoms with van der Waals surface area (Å²) in [6.45, 7) is 0. The standard InChI is InChI=1S/C30H26BN/c1-32-23-12-11-22-30(32)25-14-13-21-29(24-25)31(26-15-5-2-6-16-26,27-17-7-3-8-18-27)28-19-9-4-10-20-28/h2-24H,1H3. The van der Waals surface area contributed by atoms with Crippen LogP contribution in [0.5, 0.6) is 0 Å². The zero-order valence-corrected chi connectivity index (χ0v) is 18.3. The van der Waals surface area contributed by atoms with E-state index in [9.17, 15) is 0 Å². The Bertz CT molecular complexity index is 1220. The van der Waals surface area contributed by atoms with Gasteiger partial charge in [-0.15, -0.1) is 0 Å². The maximum atomic E-state index is 2.38. The first-order chi connectivity index (χ1) is 15.8. The smallest absolute Gasteiger partial charge is 0.201 e. The van der Waals surface area contributed by atoms with Gasteiger partial charge < -0.3 is 0 Å². The molecule has 154 valence electrons. The molecule has 0 bridgehead atoms. The van der Waals surface area contributed by atoms with Crippen LogP contribution in [0.3, 0.4) is 0 Å². The van der Waals surface area contributed by atoms with E-state index in [-0.39, 0.29) is 0 Å². The Kier molecular flexibility index (Phi) is 5.43. The van der Waals surface area contributed by atoms with E-state index < -0.39 is 6.15 Å². The summed E-state index contributed by atoms with van der Waals surface area (Å²) in [6, 6.07) is 48.3. The van der Waals surface area contributed by atoms with Gasteiger partial charge in [0.25, 0.3) is 0 Å². The minimum atomic E-state index is -1.35. The molecule has 1 nitrogen and oxygen atoms in total. The lowest BCUT2D eigenvalue weighted by Crippen LogP contribution is -2.74. The maximum Gasteiger partial charge on any atom is 0.212 e. The third-order valence-corrected chi connectivity index (χ3v) is 6.64. The summed E-state index contributed by atoms with van der Waals surface area (Å²) in [7, 11) is 2.10. The third-order valence-electron chi connectivity index (χ3n) is 6.64. The van der Waals surface area contributed by atoms with Gasteiger partial charge in [0.05, 0.1) is 0 Å². The van der Waals surface area contributed by atoms with E-state index in [1.54, 1.807) is 0 Å². The number of benzene rings is 4. The van der Waals surface area contributed by atoms with Gasteiger partial charge in [0.2, 0.25) is 5.69 Å². The highest BCUT2D eigenvalue weighted by molar-refractivity contribution is 7.19. The molecule has 0 aliphatic rings. The largest absolute Gasteiger partial charge is 0.212 e. The molecule has 1 heterocycles. The van der Waals surface area contributed by atoms with E-state index in [1.807, 2.05) is 0 Å². The van der Waals surface area contributed by atoms with Gasteiger partial charge in [-0.1, -0.05) is 109 Å². The fourth-order valence-electron chi connectivity index (χ4n) is 5.17. The summed E-state index contributed by atoms with van der Waals surface area (Å²) < 4.78 is 2.18. The average molecular weight is 411 g/mol. The molecule has 0 radical (unpaired) electrons. The maximum absolute atomic E-state index is 2.38. The topological polar surface area (TPSA) is 3.88 Å². The summed E-state index contributed by atoms with van der Waals surface area (Å²) in [4.78, 5) is 0. The first-order valence-electron chi connectivity index (χ1n) is 11.2. The Hall–Kier alpha value is -3.91.